The van der Waals surface area contributed by atoms with Crippen molar-refractivity contribution in [2.45, 2.75) is 25.8 Å². The smallest absolute Gasteiger partial charge is 0.0795 e. The third-order valence-electron chi connectivity index (χ3n) is 2.59. The van der Waals surface area contributed by atoms with Crippen molar-refractivity contribution in [3.63, 3.8) is 0 Å². The summed E-state index contributed by atoms with van der Waals surface area (Å²) in [4.78, 5) is 8.77. The van der Waals surface area contributed by atoms with Gasteiger partial charge in [-0.15, -0.1) is 11.3 Å². The van der Waals surface area contributed by atoms with E-state index in [0.29, 0.717) is 0 Å². The fourth-order valence-electron chi connectivity index (χ4n) is 1.72. The summed E-state index contributed by atoms with van der Waals surface area (Å²) in [7, 11) is 0. The summed E-state index contributed by atoms with van der Waals surface area (Å²) in [5.74, 6) is 0. The largest absolute Gasteiger partial charge is 0.308 e. The van der Waals surface area contributed by atoms with E-state index in [4.69, 9.17) is 0 Å². The Hall–Kier alpha value is -1.26. The first-order chi connectivity index (χ1) is 8.40. The number of pyridine rings is 1. The highest BCUT2D eigenvalue weighted by atomic mass is 32.1. The Bertz CT molecular complexity index is 413. The van der Waals surface area contributed by atoms with Gasteiger partial charge < -0.3 is 5.32 Å². The minimum Gasteiger partial charge on any atom is -0.308 e. The van der Waals surface area contributed by atoms with Gasteiger partial charge in [-0.2, -0.15) is 0 Å². The maximum atomic E-state index is 4.39. The van der Waals surface area contributed by atoms with Crippen LogP contribution in [0.5, 0.6) is 0 Å². The Morgan fingerprint density at radius 1 is 1.35 bits per heavy atom. The maximum Gasteiger partial charge on any atom is 0.0795 e. The molecule has 0 aliphatic carbocycles. The molecular formula is C13H17N3S. The normalized spacial score (nSPS) is 12.5. The van der Waals surface area contributed by atoms with E-state index >= 15 is 0 Å². The molecule has 2 aromatic rings. The van der Waals surface area contributed by atoms with E-state index in [2.05, 4.69) is 33.7 Å². The lowest BCUT2D eigenvalue weighted by molar-refractivity contribution is 0.515. The highest BCUT2D eigenvalue weighted by Gasteiger charge is 2.13. The number of thiazole rings is 1. The minimum atomic E-state index is 0.274. The summed E-state index contributed by atoms with van der Waals surface area (Å²) >= 11 is 1.64. The number of hydrogen-bond acceptors (Lipinski definition) is 4. The van der Waals surface area contributed by atoms with E-state index in [1.807, 2.05) is 23.8 Å². The van der Waals surface area contributed by atoms with Crippen LogP contribution in [0.1, 0.15) is 30.8 Å². The van der Waals surface area contributed by atoms with Crippen molar-refractivity contribution >= 4 is 11.3 Å². The monoisotopic (exact) mass is 247 g/mol. The maximum absolute atomic E-state index is 4.39. The fraction of sp³-hybridized carbons (Fsp3) is 0.385. The quantitative estimate of drug-likeness (QED) is 0.853. The van der Waals surface area contributed by atoms with Gasteiger partial charge in [-0.25, -0.2) is 4.98 Å². The van der Waals surface area contributed by atoms with Gasteiger partial charge in [0.25, 0.3) is 0 Å². The van der Waals surface area contributed by atoms with Crippen molar-refractivity contribution in [1.29, 1.82) is 0 Å². The average molecular weight is 247 g/mol. The molecule has 0 radical (unpaired) electrons. The molecule has 0 bridgehead atoms. The Morgan fingerprint density at radius 3 is 2.94 bits per heavy atom. The van der Waals surface area contributed by atoms with Crippen molar-refractivity contribution in [2.75, 3.05) is 6.54 Å². The fourth-order valence-corrected chi connectivity index (χ4v) is 2.33. The van der Waals surface area contributed by atoms with Crippen LogP contribution < -0.4 is 5.32 Å². The van der Waals surface area contributed by atoms with Gasteiger partial charge in [0, 0.05) is 23.7 Å². The molecule has 3 nitrogen and oxygen atoms in total. The van der Waals surface area contributed by atoms with E-state index in [9.17, 15) is 0 Å². The molecule has 2 aromatic heterocycles. The first-order valence-corrected chi connectivity index (χ1v) is 6.85. The number of hydrogen-bond donors (Lipinski definition) is 1. The highest BCUT2D eigenvalue weighted by Crippen LogP contribution is 2.17. The van der Waals surface area contributed by atoms with Crippen LogP contribution in [-0.2, 0) is 6.42 Å². The zero-order chi connectivity index (χ0) is 11.9. The molecule has 4 heteroatoms. The van der Waals surface area contributed by atoms with E-state index in [-0.39, 0.29) is 6.04 Å². The molecule has 0 saturated carbocycles. The van der Waals surface area contributed by atoms with Gasteiger partial charge in [0.2, 0.25) is 0 Å². The molecule has 0 saturated heterocycles. The van der Waals surface area contributed by atoms with Crippen molar-refractivity contribution in [2.24, 2.45) is 0 Å². The molecule has 2 rings (SSSR count). The second-order valence-corrected chi connectivity index (χ2v) is 4.66. The molecule has 17 heavy (non-hydrogen) atoms. The van der Waals surface area contributed by atoms with Gasteiger partial charge in [-0.05, 0) is 25.1 Å². The Morgan fingerprint density at radius 2 is 2.29 bits per heavy atom. The Labute approximate surface area is 106 Å². The lowest BCUT2D eigenvalue weighted by Crippen LogP contribution is -2.24. The van der Waals surface area contributed by atoms with Crippen LogP contribution in [0.15, 0.2) is 35.3 Å². The van der Waals surface area contributed by atoms with Crippen LogP contribution in [0.25, 0.3) is 0 Å². The van der Waals surface area contributed by atoms with Crippen LogP contribution >= 0.6 is 11.3 Å². The van der Waals surface area contributed by atoms with Gasteiger partial charge in [0.1, 0.15) is 0 Å². The minimum absolute atomic E-state index is 0.274. The molecule has 1 atom stereocenters. The SMILES string of the molecule is CCCNC(Cc1ccccn1)c1cscn1. The molecule has 0 aliphatic heterocycles. The van der Waals surface area contributed by atoms with Crippen LogP contribution in [0, 0.1) is 0 Å². The van der Waals surface area contributed by atoms with Gasteiger partial charge in [-0.3, -0.25) is 4.98 Å². The molecule has 0 spiro atoms. The summed E-state index contributed by atoms with van der Waals surface area (Å²) < 4.78 is 0. The third kappa shape index (κ3) is 3.61. The second-order valence-electron chi connectivity index (χ2n) is 3.95. The number of nitrogens with one attached hydrogen (secondary N) is 1. The van der Waals surface area contributed by atoms with Crippen LogP contribution in [0.2, 0.25) is 0 Å². The van der Waals surface area contributed by atoms with Crippen molar-refractivity contribution < 1.29 is 0 Å². The first kappa shape index (κ1) is 12.2. The van der Waals surface area contributed by atoms with Crippen LogP contribution in [-0.4, -0.2) is 16.5 Å². The third-order valence-corrected chi connectivity index (χ3v) is 3.19. The van der Waals surface area contributed by atoms with Crippen LogP contribution in [0.4, 0.5) is 0 Å². The average Bonchev–Trinajstić information content (AvgIpc) is 2.89. The first-order valence-electron chi connectivity index (χ1n) is 5.91. The standard InChI is InChI=1S/C13H17N3S/c1-2-6-15-12(13-9-17-10-16-13)8-11-5-3-4-7-14-11/h3-5,7,9-10,12,15H,2,6,8H2,1H3. The molecule has 90 valence electrons. The second kappa shape index (κ2) is 6.47. The number of rotatable bonds is 6. The Balaban J connectivity index is 2.06. The summed E-state index contributed by atoms with van der Waals surface area (Å²) in [5.41, 5.74) is 4.11. The van der Waals surface area contributed by atoms with E-state index in [1.165, 1.54) is 0 Å². The van der Waals surface area contributed by atoms with Gasteiger partial charge in [0.15, 0.2) is 0 Å². The topological polar surface area (TPSA) is 37.8 Å². The molecule has 1 unspecified atom stereocenters. The van der Waals surface area contributed by atoms with E-state index in [1.54, 1.807) is 11.3 Å². The zero-order valence-electron chi connectivity index (χ0n) is 9.97. The highest BCUT2D eigenvalue weighted by molar-refractivity contribution is 7.07. The zero-order valence-corrected chi connectivity index (χ0v) is 10.8. The molecule has 0 fully saturated rings. The van der Waals surface area contributed by atoms with Gasteiger partial charge in [0.05, 0.1) is 17.2 Å². The number of aromatic nitrogens is 2. The predicted octanol–water partition coefficient (Wildman–Crippen LogP) is 2.82. The summed E-state index contributed by atoms with van der Waals surface area (Å²) in [6.07, 6.45) is 3.86. The molecular weight excluding hydrogens is 230 g/mol. The van der Waals surface area contributed by atoms with Gasteiger partial charge >= 0.3 is 0 Å². The van der Waals surface area contributed by atoms with E-state index in [0.717, 1.165) is 30.8 Å². The molecule has 0 aliphatic rings. The van der Waals surface area contributed by atoms with E-state index < -0.39 is 0 Å². The lowest BCUT2D eigenvalue weighted by Gasteiger charge is -2.15. The lowest BCUT2D eigenvalue weighted by atomic mass is 10.1. The van der Waals surface area contributed by atoms with Crippen molar-refractivity contribution in [1.82, 2.24) is 15.3 Å². The number of nitrogens with zero attached hydrogens (tertiary/aromatic N) is 2. The van der Waals surface area contributed by atoms with Crippen molar-refractivity contribution in [3.8, 4) is 0 Å². The van der Waals surface area contributed by atoms with Gasteiger partial charge in [-0.1, -0.05) is 13.0 Å². The summed E-state index contributed by atoms with van der Waals surface area (Å²) in [6.45, 7) is 3.18. The molecule has 2 heterocycles. The van der Waals surface area contributed by atoms with Crippen LogP contribution in [0.3, 0.4) is 0 Å². The Kier molecular flexibility index (Phi) is 4.64. The molecule has 0 aromatic carbocycles. The predicted molar refractivity (Wildman–Crippen MR) is 71.1 cm³/mol. The van der Waals surface area contributed by atoms with Crippen molar-refractivity contribution in [3.05, 3.63) is 46.7 Å². The molecule has 0 amide bonds. The summed E-state index contributed by atoms with van der Waals surface area (Å²) in [6, 6.07) is 6.31. The molecule has 1 N–H and O–H groups in total. The summed E-state index contributed by atoms with van der Waals surface area (Å²) in [5, 5.41) is 5.63.